The Bertz CT molecular complexity index is 401. The molecule has 5 nitrogen and oxygen atoms in total. The van der Waals surface area contributed by atoms with Crippen LogP contribution in [0.1, 0.15) is 19.4 Å². The van der Waals surface area contributed by atoms with E-state index in [2.05, 4.69) is 9.98 Å². The Morgan fingerprint density at radius 3 is 2.12 bits per heavy atom. The van der Waals surface area contributed by atoms with Crippen molar-refractivity contribution in [3.8, 4) is 11.5 Å². The van der Waals surface area contributed by atoms with Crippen molar-refractivity contribution >= 4 is 6.08 Å². The van der Waals surface area contributed by atoms with Gasteiger partial charge < -0.3 is 9.47 Å². The molecule has 1 heterocycles. The summed E-state index contributed by atoms with van der Waals surface area (Å²) in [4.78, 5) is 18.1. The fraction of sp³-hybridized carbons (Fsp3) is 0.455. The van der Waals surface area contributed by atoms with Crippen LogP contribution in [0.5, 0.6) is 11.5 Å². The van der Waals surface area contributed by atoms with Crippen LogP contribution in [0.25, 0.3) is 0 Å². The second-order valence-electron chi connectivity index (χ2n) is 3.68. The third-order valence-electron chi connectivity index (χ3n) is 2.25. The van der Waals surface area contributed by atoms with Gasteiger partial charge in [0, 0.05) is 0 Å². The Morgan fingerprint density at radius 2 is 1.75 bits per heavy atom. The third kappa shape index (κ3) is 2.20. The van der Waals surface area contributed by atoms with Gasteiger partial charge in [-0.05, 0) is 13.8 Å². The maximum absolute atomic E-state index is 10.4. The normalized spacial score (nSPS) is 10.5. The van der Waals surface area contributed by atoms with Crippen molar-refractivity contribution in [2.24, 2.45) is 4.99 Å². The predicted octanol–water partition coefficient (Wildman–Crippen LogP) is 1.67. The molecule has 86 valence electrons. The van der Waals surface area contributed by atoms with Crippen LogP contribution in [0, 0.1) is 0 Å². The van der Waals surface area contributed by atoms with Gasteiger partial charge in [-0.25, -0.2) is 4.79 Å². The van der Waals surface area contributed by atoms with Gasteiger partial charge in [0.2, 0.25) is 6.08 Å². The lowest BCUT2D eigenvalue weighted by Crippen LogP contribution is -2.16. The van der Waals surface area contributed by atoms with Gasteiger partial charge >= 0.3 is 0 Å². The van der Waals surface area contributed by atoms with Crippen molar-refractivity contribution in [3.63, 3.8) is 0 Å². The number of carbonyl (C=O) groups excluding carboxylic acids is 1. The van der Waals surface area contributed by atoms with Crippen LogP contribution < -0.4 is 9.47 Å². The molecule has 0 amide bonds. The van der Waals surface area contributed by atoms with Crippen LogP contribution in [0.15, 0.2) is 17.4 Å². The monoisotopic (exact) mass is 222 g/mol. The number of hydrogen-bond donors (Lipinski definition) is 0. The van der Waals surface area contributed by atoms with Gasteiger partial charge in [0.15, 0.2) is 0 Å². The third-order valence-corrected chi connectivity index (χ3v) is 2.25. The number of isocyanates is 1. The van der Waals surface area contributed by atoms with Gasteiger partial charge in [-0.1, -0.05) is 0 Å². The highest BCUT2D eigenvalue weighted by atomic mass is 16.5. The first kappa shape index (κ1) is 12.2. The maximum atomic E-state index is 10.4. The Labute approximate surface area is 94.1 Å². The maximum Gasteiger partial charge on any atom is 0.235 e. The molecule has 0 unspecified atom stereocenters. The Hall–Kier alpha value is -1.87. The minimum atomic E-state index is -0.763. The summed E-state index contributed by atoms with van der Waals surface area (Å²) >= 11 is 0. The van der Waals surface area contributed by atoms with Crippen LogP contribution >= 0.6 is 0 Å². The van der Waals surface area contributed by atoms with Crippen molar-refractivity contribution in [2.75, 3.05) is 14.2 Å². The highest BCUT2D eigenvalue weighted by molar-refractivity contribution is 5.48. The number of pyridine rings is 1. The van der Waals surface area contributed by atoms with Gasteiger partial charge in [-0.15, -0.1) is 0 Å². The van der Waals surface area contributed by atoms with E-state index in [0.29, 0.717) is 17.1 Å². The molecule has 1 aromatic heterocycles. The van der Waals surface area contributed by atoms with E-state index in [1.807, 2.05) is 0 Å². The lowest BCUT2D eigenvalue weighted by molar-refractivity contribution is 0.361. The summed E-state index contributed by atoms with van der Waals surface area (Å²) in [5.41, 5.74) is -0.0858. The van der Waals surface area contributed by atoms with Gasteiger partial charge in [0.25, 0.3) is 0 Å². The molecular weight excluding hydrogens is 208 g/mol. The van der Waals surface area contributed by atoms with Crippen molar-refractivity contribution in [1.29, 1.82) is 0 Å². The molecule has 1 rings (SSSR count). The quantitative estimate of drug-likeness (QED) is 0.574. The summed E-state index contributed by atoms with van der Waals surface area (Å²) < 4.78 is 10.4. The molecule has 0 aliphatic heterocycles. The second-order valence-corrected chi connectivity index (χ2v) is 3.68. The average molecular weight is 222 g/mol. The van der Waals surface area contributed by atoms with Crippen molar-refractivity contribution in [1.82, 2.24) is 4.98 Å². The van der Waals surface area contributed by atoms with Crippen LogP contribution in [-0.2, 0) is 10.3 Å². The second kappa shape index (κ2) is 4.77. The lowest BCUT2D eigenvalue weighted by atomic mass is 9.94. The number of hydrogen-bond acceptors (Lipinski definition) is 5. The highest BCUT2D eigenvalue weighted by Crippen LogP contribution is 2.38. The largest absolute Gasteiger partial charge is 0.495 e. The zero-order valence-corrected chi connectivity index (χ0v) is 9.77. The molecule has 0 radical (unpaired) electrons. The zero-order valence-electron chi connectivity index (χ0n) is 9.77. The summed E-state index contributed by atoms with van der Waals surface area (Å²) in [6.07, 6.45) is 4.66. The molecule has 1 aromatic rings. The lowest BCUT2D eigenvalue weighted by Gasteiger charge is -2.22. The van der Waals surface area contributed by atoms with Crippen LogP contribution in [-0.4, -0.2) is 25.3 Å². The van der Waals surface area contributed by atoms with Crippen molar-refractivity contribution in [2.45, 2.75) is 19.4 Å². The molecule has 0 N–H and O–H groups in total. The molecule has 5 heteroatoms. The molecule has 0 spiro atoms. The zero-order chi connectivity index (χ0) is 12.2. The van der Waals surface area contributed by atoms with Gasteiger partial charge in [-0.3, -0.25) is 4.98 Å². The number of rotatable bonds is 4. The first-order valence-corrected chi connectivity index (χ1v) is 4.72. The first-order valence-electron chi connectivity index (χ1n) is 4.72. The SMILES string of the molecule is COc1cncc(OC)c1C(C)(C)N=C=O. The van der Waals surface area contributed by atoms with Crippen molar-refractivity contribution < 1.29 is 14.3 Å². The highest BCUT2D eigenvalue weighted by Gasteiger charge is 2.28. The number of aromatic nitrogens is 1. The Balaban J connectivity index is 3.44. The van der Waals surface area contributed by atoms with Crippen molar-refractivity contribution in [3.05, 3.63) is 18.0 Å². The fourth-order valence-electron chi connectivity index (χ4n) is 1.51. The van der Waals surface area contributed by atoms with E-state index in [9.17, 15) is 4.79 Å². The smallest absolute Gasteiger partial charge is 0.235 e. The summed E-state index contributed by atoms with van der Waals surface area (Å²) in [6, 6.07) is 0. The first-order chi connectivity index (χ1) is 7.56. The summed E-state index contributed by atoms with van der Waals surface area (Å²) in [7, 11) is 3.06. The van der Waals surface area contributed by atoms with E-state index in [1.165, 1.54) is 14.2 Å². The molecule has 0 aliphatic rings. The van der Waals surface area contributed by atoms with Crippen LogP contribution in [0.4, 0.5) is 0 Å². The number of nitrogens with zero attached hydrogens (tertiary/aromatic N) is 2. The van der Waals surface area contributed by atoms with Gasteiger partial charge in [-0.2, -0.15) is 4.99 Å². The topological polar surface area (TPSA) is 60.8 Å². The summed E-state index contributed by atoms with van der Waals surface area (Å²) in [5, 5.41) is 0. The predicted molar refractivity (Wildman–Crippen MR) is 58.5 cm³/mol. The summed E-state index contributed by atoms with van der Waals surface area (Å²) in [5.74, 6) is 1.06. The average Bonchev–Trinajstić information content (AvgIpc) is 2.27. The van der Waals surface area contributed by atoms with E-state index in [0.717, 1.165) is 0 Å². The van der Waals surface area contributed by atoms with E-state index in [-0.39, 0.29) is 0 Å². The van der Waals surface area contributed by atoms with Gasteiger partial charge in [0.1, 0.15) is 11.5 Å². The molecule has 0 fully saturated rings. The molecule has 0 saturated carbocycles. The molecule has 0 aliphatic carbocycles. The fourth-order valence-corrected chi connectivity index (χ4v) is 1.51. The molecule has 0 saturated heterocycles. The molecule has 0 atom stereocenters. The van der Waals surface area contributed by atoms with E-state index < -0.39 is 5.54 Å². The molecule has 16 heavy (non-hydrogen) atoms. The minimum absolute atomic E-state index is 0.531. The van der Waals surface area contributed by atoms with Gasteiger partial charge in [0.05, 0.1) is 37.7 Å². The number of methoxy groups -OCH3 is 2. The minimum Gasteiger partial charge on any atom is -0.495 e. The van der Waals surface area contributed by atoms with Crippen LogP contribution in [0.3, 0.4) is 0 Å². The number of aliphatic imine (C=N–C) groups is 1. The molecule has 0 bridgehead atoms. The Morgan fingerprint density at radius 1 is 1.25 bits per heavy atom. The number of ether oxygens (including phenoxy) is 2. The van der Waals surface area contributed by atoms with E-state index in [1.54, 1.807) is 32.3 Å². The molecule has 0 aromatic carbocycles. The summed E-state index contributed by atoms with van der Waals surface area (Å²) in [6.45, 7) is 3.55. The molecular formula is C11H14N2O3. The Kier molecular flexibility index (Phi) is 3.64. The van der Waals surface area contributed by atoms with E-state index in [4.69, 9.17) is 9.47 Å². The standard InChI is InChI=1S/C11H14N2O3/c1-11(2,13-7-14)10-8(15-3)5-12-6-9(10)16-4/h5-6H,1-4H3. The van der Waals surface area contributed by atoms with E-state index >= 15 is 0 Å². The van der Waals surface area contributed by atoms with Crippen LogP contribution in [0.2, 0.25) is 0 Å².